The topological polar surface area (TPSA) is 150 Å². The maximum absolute atomic E-state index is 12.7. The van der Waals surface area contributed by atoms with Gasteiger partial charge in [-0.15, -0.1) is 0 Å². The molecule has 0 saturated heterocycles. The van der Waals surface area contributed by atoms with Gasteiger partial charge >= 0.3 is 6.15 Å². The lowest BCUT2D eigenvalue weighted by Gasteiger charge is -2.17. The number of rotatable bonds is 10. The summed E-state index contributed by atoms with van der Waals surface area (Å²) in [6.45, 7) is 4.42. The molecule has 0 aliphatic rings. The van der Waals surface area contributed by atoms with Crippen molar-refractivity contribution in [2.75, 3.05) is 32.7 Å². The van der Waals surface area contributed by atoms with E-state index >= 15 is 0 Å². The lowest BCUT2D eigenvalue weighted by Crippen LogP contribution is -2.36. The van der Waals surface area contributed by atoms with Gasteiger partial charge in [-0.1, -0.05) is 6.07 Å². The van der Waals surface area contributed by atoms with Crippen molar-refractivity contribution in [1.29, 1.82) is 0 Å². The number of aryl methyl sites for hydroxylation is 1. The molecule has 4 N–H and O–H groups in total. The van der Waals surface area contributed by atoms with Gasteiger partial charge in [-0.2, -0.15) is 9.59 Å². The second-order valence-electron chi connectivity index (χ2n) is 7.56. The normalized spacial score (nSPS) is 11.0. The number of hydrogen-bond acceptors (Lipinski definition) is 9. The van der Waals surface area contributed by atoms with Crippen LogP contribution in [-0.4, -0.2) is 55.1 Å². The Hall–Kier alpha value is -4.14. The Morgan fingerprint density at radius 2 is 1.89 bits per heavy atom. The van der Waals surface area contributed by atoms with E-state index in [9.17, 15) is 4.79 Å². The summed E-state index contributed by atoms with van der Waals surface area (Å²) in [7, 11) is 1.51. The molecule has 1 heterocycles. The van der Waals surface area contributed by atoms with Gasteiger partial charge in [0.05, 0.1) is 30.7 Å². The van der Waals surface area contributed by atoms with Crippen molar-refractivity contribution in [2.45, 2.75) is 26.3 Å². The average Bonchev–Trinajstić information content (AvgIpc) is 2.83. The summed E-state index contributed by atoms with van der Waals surface area (Å²) in [5.74, 6) is 1.34. The molecule has 10 heteroatoms. The SMILES string of the molecule is COc1cc(C(=O)N[C@@H](C)COc2cccc3nc(C)cc(N)c23)ccc1OCCCO.O=C=O. The Labute approximate surface area is 203 Å². The first-order valence-corrected chi connectivity index (χ1v) is 10.8. The number of fused-ring (bicyclic) bond motifs is 1. The summed E-state index contributed by atoms with van der Waals surface area (Å²) in [6, 6.07) is 12.1. The van der Waals surface area contributed by atoms with Crippen LogP contribution >= 0.6 is 0 Å². The largest absolute Gasteiger partial charge is 0.493 e. The summed E-state index contributed by atoms with van der Waals surface area (Å²) < 4.78 is 16.9. The van der Waals surface area contributed by atoms with Crippen LogP contribution in [0.15, 0.2) is 42.5 Å². The maximum Gasteiger partial charge on any atom is 0.373 e. The van der Waals surface area contributed by atoms with Crippen molar-refractivity contribution >= 4 is 28.6 Å². The number of nitrogens with zero attached hydrogens (tertiary/aromatic N) is 1. The van der Waals surface area contributed by atoms with Gasteiger partial charge in [0.25, 0.3) is 5.91 Å². The summed E-state index contributed by atoms with van der Waals surface area (Å²) >= 11 is 0. The second kappa shape index (κ2) is 13.5. The summed E-state index contributed by atoms with van der Waals surface area (Å²) in [4.78, 5) is 33.4. The molecule has 0 aliphatic heterocycles. The number of methoxy groups -OCH3 is 1. The highest BCUT2D eigenvalue weighted by Gasteiger charge is 2.15. The van der Waals surface area contributed by atoms with E-state index < -0.39 is 0 Å². The number of nitrogens with two attached hydrogens (primary N) is 1. The maximum atomic E-state index is 12.7. The van der Waals surface area contributed by atoms with Crippen LogP contribution in [0.1, 0.15) is 29.4 Å². The van der Waals surface area contributed by atoms with Crippen LogP contribution in [0.5, 0.6) is 17.2 Å². The molecule has 0 spiro atoms. The van der Waals surface area contributed by atoms with Crippen molar-refractivity contribution in [3.8, 4) is 17.2 Å². The summed E-state index contributed by atoms with van der Waals surface area (Å²) in [6.07, 6.45) is 0.765. The van der Waals surface area contributed by atoms with Gasteiger partial charge in [0, 0.05) is 30.0 Å². The van der Waals surface area contributed by atoms with E-state index in [0.717, 1.165) is 16.6 Å². The minimum atomic E-state index is -0.260. The minimum Gasteiger partial charge on any atom is -0.493 e. The zero-order chi connectivity index (χ0) is 25.8. The van der Waals surface area contributed by atoms with Gasteiger partial charge in [-0.05, 0) is 50.2 Å². The van der Waals surface area contributed by atoms with Crippen LogP contribution in [0.3, 0.4) is 0 Å². The van der Waals surface area contributed by atoms with E-state index in [1.165, 1.54) is 7.11 Å². The highest BCUT2D eigenvalue weighted by molar-refractivity contribution is 5.96. The number of carbonyl (C=O) groups excluding carboxylic acids is 3. The van der Waals surface area contributed by atoms with Crippen molar-refractivity contribution in [3.63, 3.8) is 0 Å². The average molecular weight is 484 g/mol. The van der Waals surface area contributed by atoms with Gasteiger partial charge in [0.2, 0.25) is 0 Å². The fourth-order valence-electron chi connectivity index (χ4n) is 3.28. The molecule has 10 nitrogen and oxygen atoms in total. The number of aromatic nitrogens is 1. The van der Waals surface area contributed by atoms with E-state index in [0.29, 0.717) is 41.5 Å². The molecule has 3 aromatic rings. The number of amides is 1. The van der Waals surface area contributed by atoms with Crippen LogP contribution in [0, 0.1) is 6.92 Å². The third-order valence-electron chi connectivity index (χ3n) is 4.81. The molecule has 0 bridgehead atoms. The number of hydrogen-bond donors (Lipinski definition) is 3. The Morgan fingerprint density at radius 3 is 2.57 bits per heavy atom. The van der Waals surface area contributed by atoms with Crippen LogP contribution in [0.4, 0.5) is 5.69 Å². The van der Waals surface area contributed by atoms with Crippen molar-refractivity contribution in [2.24, 2.45) is 0 Å². The van der Waals surface area contributed by atoms with Gasteiger partial charge < -0.3 is 30.4 Å². The van der Waals surface area contributed by atoms with Gasteiger partial charge in [0.1, 0.15) is 12.4 Å². The third-order valence-corrected chi connectivity index (χ3v) is 4.81. The molecule has 1 amide bonds. The summed E-state index contributed by atoms with van der Waals surface area (Å²) in [5.41, 5.74) is 8.83. The van der Waals surface area contributed by atoms with E-state index in [4.69, 9.17) is 34.6 Å². The fraction of sp³-hybridized carbons (Fsp3) is 0.320. The number of carbonyl (C=O) groups is 1. The molecule has 0 fully saturated rings. The number of benzene rings is 2. The van der Waals surface area contributed by atoms with Crippen molar-refractivity contribution in [3.05, 3.63) is 53.7 Å². The highest BCUT2D eigenvalue weighted by atomic mass is 16.5. The molecule has 2 aromatic carbocycles. The third kappa shape index (κ3) is 7.70. The van der Waals surface area contributed by atoms with Crippen molar-refractivity contribution in [1.82, 2.24) is 10.3 Å². The zero-order valence-corrected chi connectivity index (χ0v) is 19.9. The molecule has 0 unspecified atom stereocenters. The van der Waals surface area contributed by atoms with Crippen molar-refractivity contribution < 1.29 is 33.7 Å². The number of aliphatic hydroxyl groups excluding tert-OH is 1. The number of anilines is 1. The summed E-state index contributed by atoms with van der Waals surface area (Å²) in [5, 5.41) is 12.6. The van der Waals surface area contributed by atoms with E-state index in [1.54, 1.807) is 18.2 Å². The zero-order valence-electron chi connectivity index (χ0n) is 19.9. The molecule has 186 valence electrons. The number of ether oxygens (including phenoxy) is 3. The second-order valence-corrected chi connectivity index (χ2v) is 7.56. The molecule has 3 rings (SSSR count). The van der Waals surface area contributed by atoms with Gasteiger partial charge in [0.15, 0.2) is 11.5 Å². The van der Waals surface area contributed by atoms with E-state index in [1.807, 2.05) is 38.1 Å². The highest BCUT2D eigenvalue weighted by Crippen LogP contribution is 2.30. The van der Waals surface area contributed by atoms with Crippen LogP contribution in [-0.2, 0) is 9.59 Å². The van der Waals surface area contributed by atoms with Crippen LogP contribution in [0.2, 0.25) is 0 Å². The van der Waals surface area contributed by atoms with E-state index in [-0.39, 0.29) is 31.3 Å². The molecule has 1 atom stereocenters. The van der Waals surface area contributed by atoms with Crippen LogP contribution < -0.4 is 25.3 Å². The Bertz CT molecular complexity index is 1180. The predicted molar refractivity (Wildman–Crippen MR) is 129 cm³/mol. The standard InChI is InChI=1S/C24H29N3O5.CO2/c1-15-12-18(25)23-19(26-15)6-4-7-21(23)32-14-16(2)27-24(29)17-8-9-20(22(13-17)30-3)31-11-5-10-28;2-1-3/h4,6-9,12-13,16,28H,5,10-11,14H2,1-3H3,(H2,25,26)(H,27,29);/t16-;/m0./s1. The molecule has 1 aromatic heterocycles. The molecular weight excluding hydrogens is 454 g/mol. The number of pyridine rings is 1. The van der Waals surface area contributed by atoms with Gasteiger partial charge in [-0.25, -0.2) is 0 Å². The fourth-order valence-corrected chi connectivity index (χ4v) is 3.28. The lowest BCUT2D eigenvalue weighted by atomic mass is 10.1. The number of nitrogen functional groups attached to an aromatic ring is 1. The number of nitrogens with one attached hydrogen (secondary N) is 1. The Morgan fingerprint density at radius 1 is 1.14 bits per heavy atom. The number of aliphatic hydroxyl groups is 1. The molecule has 0 radical (unpaired) electrons. The van der Waals surface area contributed by atoms with Gasteiger partial charge in [-0.3, -0.25) is 9.78 Å². The predicted octanol–water partition coefficient (Wildman–Crippen LogP) is 2.51. The van der Waals surface area contributed by atoms with Crippen LogP contribution in [0.25, 0.3) is 10.9 Å². The molecule has 0 saturated carbocycles. The lowest BCUT2D eigenvalue weighted by molar-refractivity contribution is -0.191. The minimum absolute atomic E-state index is 0.0459. The van der Waals surface area contributed by atoms with E-state index in [2.05, 4.69) is 10.3 Å². The first kappa shape index (κ1) is 27.1. The first-order chi connectivity index (χ1) is 16.8. The monoisotopic (exact) mass is 483 g/mol. The molecule has 35 heavy (non-hydrogen) atoms. The molecule has 0 aliphatic carbocycles. The quantitative estimate of drug-likeness (QED) is 0.370. The smallest absolute Gasteiger partial charge is 0.373 e. The molecular formula is C25H29N3O7. The Balaban J connectivity index is 0.00000137. The first-order valence-electron chi connectivity index (χ1n) is 10.8. The Kier molecular flexibility index (Phi) is 10.5.